The number of benzene rings is 1. The van der Waals surface area contributed by atoms with Gasteiger partial charge in [-0.2, -0.15) is 0 Å². The lowest BCUT2D eigenvalue weighted by Gasteiger charge is -2.20. The van der Waals surface area contributed by atoms with Gasteiger partial charge in [-0.1, -0.05) is 0 Å². The number of ether oxygens (including phenoxy) is 1. The number of nitrogens with one attached hydrogen (secondary N) is 2. The first-order valence-corrected chi connectivity index (χ1v) is 12.4. The second kappa shape index (κ2) is 8.65. The summed E-state index contributed by atoms with van der Waals surface area (Å²) < 4.78 is 21.7. The van der Waals surface area contributed by atoms with E-state index in [1.54, 1.807) is 21.6 Å². The molecule has 0 bridgehead atoms. The minimum atomic E-state index is -0.420. The van der Waals surface area contributed by atoms with E-state index >= 15 is 0 Å². The van der Waals surface area contributed by atoms with Gasteiger partial charge in [0.05, 0.1) is 35.2 Å². The maximum Gasteiger partial charge on any atom is 0.414 e. The number of nitrogens with zero attached hydrogens (tertiary/aromatic N) is 3. The van der Waals surface area contributed by atoms with Crippen LogP contribution in [0, 0.1) is 5.82 Å². The Kier molecular flexibility index (Phi) is 5.45. The molecule has 0 radical (unpaired) electrons. The third-order valence-electron chi connectivity index (χ3n) is 6.62. The van der Waals surface area contributed by atoms with Gasteiger partial charge in [-0.15, -0.1) is 11.8 Å². The second-order valence-electron chi connectivity index (χ2n) is 8.86. The fourth-order valence-corrected chi connectivity index (χ4v) is 5.76. The molecule has 6 rings (SSSR count). The maximum atomic E-state index is 14.6. The Labute approximate surface area is 203 Å². The minimum absolute atomic E-state index is 0.0600. The first-order valence-electron chi connectivity index (χ1n) is 11.4. The number of anilines is 2. The third kappa shape index (κ3) is 3.94. The number of carbonyl (C=O) groups is 2. The molecule has 11 heteroatoms. The number of carbonyl (C=O) groups excluding carboxylic acids is 2. The molecule has 3 aliphatic heterocycles. The largest absolute Gasteiger partial charge is 0.444 e. The molecule has 2 amide bonds. The van der Waals surface area contributed by atoms with Crippen molar-refractivity contribution in [2.45, 2.75) is 29.9 Å². The zero-order valence-corrected chi connectivity index (χ0v) is 19.4. The topological polar surface area (TPSA) is 106 Å². The lowest BCUT2D eigenvalue weighted by molar-refractivity contribution is -0.113. The molecule has 9 nitrogen and oxygen atoms in total. The van der Waals surface area contributed by atoms with E-state index in [4.69, 9.17) is 4.74 Å². The summed E-state index contributed by atoms with van der Waals surface area (Å²) in [6.45, 7) is 1.87. The quantitative estimate of drug-likeness (QED) is 0.507. The molecule has 0 spiro atoms. The number of amides is 2. The van der Waals surface area contributed by atoms with Crippen molar-refractivity contribution in [2.24, 2.45) is 0 Å². The van der Waals surface area contributed by atoms with Gasteiger partial charge in [0.2, 0.25) is 5.91 Å². The van der Waals surface area contributed by atoms with Crippen molar-refractivity contribution < 1.29 is 18.7 Å². The minimum Gasteiger partial charge on any atom is -0.444 e. The lowest BCUT2D eigenvalue weighted by Crippen LogP contribution is -2.29. The molecule has 2 atom stereocenters. The number of hydrogen-bond acceptors (Lipinski definition) is 7. The van der Waals surface area contributed by atoms with Crippen LogP contribution in [0.2, 0.25) is 0 Å². The van der Waals surface area contributed by atoms with Crippen LogP contribution in [-0.2, 0) is 16.1 Å². The molecule has 180 valence electrons. The van der Waals surface area contributed by atoms with Crippen molar-refractivity contribution in [3.8, 4) is 0 Å². The summed E-state index contributed by atoms with van der Waals surface area (Å²) in [7, 11) is 0. The zero-order valence-electron chi connectivity index (χ0n) is 18.6. The van der Waals surface area contributed by atoms with Crippen molar-refractivity contribution in [3.63, 3.8) is 0 Å². The molecule has 1 aromatic carbocycles. The Morgan fingerprint density at radius 2 is 2.09 bits per heavy atom. The number of rotatable bonds is 6. The molecule has 1 saturated heterocycles. The van der Waals surface area contributed by atoms with Gasteiger partial charge in [-0.25, -0.2) is 9.18 Å². The molecule has 3 aromatic rings. The highest BCUT2D eigenvalue weighted by Gasteiger charge is 2.33. The van der Waals surface area contributed by atoms with E-state index in [2.05, 4.69) is 15.6 Å². The standard InChI is InChI=1S/C24H22FN5O4S/c25-16-9-27-17-2-4-21(32)30-10-13(22(16)23(17)30)8-26-6-5-15-11-29(24(33)34-15)14-1-3-19-18(7-14)28-20(31)12-35-19/h1-4,7,9,13,15,26H,5-6,8,10-12H2,(H,28,31)/t13?,15-/m0/s1. The molecule has 2 aromatic heterocycles. The van der Waals surface area contributed by atoms with E-state index in [0.717, 1.165) is 4.90 Å². The predicted molar refractivity (Wildman–Crippen MR) is 130 cm³/mol. The Balaban J connectivity index is 1.06. The molecule has 0 saturated carbocycles. The normalized spacial score (nSPS) is 20.8. The van der Waals surface area contributed by atoms with Crippen molar-refractivity contribution in [1.82, 2.24) is 14.9 Å². The maximum absolute atomic E-state index is 14.6. The molecule has 35 heavy (non-hydrogen) atoms. The van der Waals surface area contributed by atoms with Crippen LogP contribution < -0.4 is 21.1 Å². The average Bonchev–Trinajstić information content (AvgIpc) is 3.42. The number of halogens is 1. The highest BCUT2D eigenvalue weighted by atomic mass is 32.2. The van der Waals surface area contributed by atoms with E-state index < -0.39 is 11.9 Å². The number of pyridine rings is 2. The van der Waals surface area contributed by atoms with Crippen LogP contribution in [0.1, 0.15) is 17.9 Å². The fraction of sp³-hybridized carbons (Fsp3) is 0.333. The molecular formula is C24H22FN5O4S. The summed E-state index contributed by atoms with van der Waals surface area (Å²) in [5.41, 5.74) is 2.93. The zero-order chi connectivity index (χ0) is 24.1. The smallest absolute Gasteiger partial charge is 0.414 e. The first-order chi connectivity index (χ1) is 17.0. The SMILES string of the molecule is O=C1CSc2ccc(N3C[C@H](CCNCC4Cn5c(=O)ccc6ncc(F)c4c65)OC3=O)cc2N1. The number of hydrogen-bond donors (Lipinski definition) is 2. The summed E-state index contributed by atoms with van der Waals surface area (Å²) in [4.78, 5) is 43.1. The molecule has 0 aliphatic carbocycles. The van der Waals surface area contributed by atoms with E-state index in [0.29, 0.717) is 66.3 Å². The van der Waals surface area contributed by atoms with Crippen LogP contribution in [0.25, 0.3) is 11.0 Å². The van der Waals surface area contributed by atoms with Gasteiger partial charge in [0, 0.05) is 41.2 Å². The summed E-state index contributed by atoms with van der Waals surface area (Å²) in [6.07, 6.45) is 1.09. The molecule has 1 fully saturated rings. The summed E-state index contributed by atoms with van der Waals surface area (Å²) in [5.74, 6) is -0.256. The van der Waals surface area contributed by atoms with E-state index in [1.165, 1.54) is 24.0 Å². The highest BCUT2D eigenvalue weighted by molar-refractivity contribution is 8.00. The summed E-state index contributed by atoms with van der Waals surface area (Å²) in [6, 6.07) is 8.64. The Hall–Kier alpha value is -3.44. The monoisotopic (exact) mass is 495 g/mol. The van der Waals surface area contributed by atoms with E-state index in [1.807, 2.05) is 12.1 Å². The molecule has 2 N–H and O–H groups in total. The number of fused-ring (bicyclic) bond motifs is 1. The van der Waals surface area contributed by atoms with Crippen molar-refractivity contribution in [2.75, 3.05) is 35.6 Å². The number of aromatic nitrogens is 2. The second-order valence-corrected chi connectivity index (χ2v) is 9.88. The van der Waals surface area contributed by atoms with Crippen LogP contribution >= 0.6 is 11.8 Å². The summed E-state index contributed by atoms with van der Waals surface area (Å²) >= 11 is 1.47. The van der Waals surface area contributed by atoms with Gasteiger partial charge in [0.1, 0.15) is 11.9 Å². The first kappa shape index (κ1) is 22.1. The third-order valence-corrected chi connectivity index (χ3v) is 7.69. The van der Waals surface area contributed by atoms with Gasteiger partial charge in [-0.05, 0) is 37.2 Å². The Morgan fingerprint density at radius 1 is 1.20 bits per heavy atom. The molecule has 1 unspecified atom stereocenters. The fourth-order valence-electron chi connectivity index (χ4n) is 4.97. The van der Waals surface area contributed by atoms with Gasteiger partial charge >= 0.3 is 6.09 Å². The number of cyclic esters (lactones) is 1. The van der Waals surface area contributed by atoms with Crippen molar-refractivity contribution >= 4 is 46.2 Å². The Bertz CT molecular complexity index is 1430. The van der Waals surface area contributed by atoms with Crippen molar-refractivity contribution in [1.29, 1.82) is 0 Å². The van der Waals surface area contributed by atoms with Crippen LogP contribution in [0.4, 0.5) is 20.6 Å². The van der Waals surface area contributed by atoms with Crippen LogP contribution in [0.15, 0.2) is 46.2 Å². The van der Waals surface area contributed by atoms with Gasteiger partial charge < -0.3 is 19.9 Å². The van der Waals surface area contributed by atoms with Gasteiger partial charge in [0.15, 0.2) is 0 Å². The summed E-state index contributed by atoms with van der Waals surface area (Å²) in [5, 5.41) is 6.17. The average molecular weight is 496 g/mol. The number of thioether (sulfide) groups is 1. The Morgan fingerprint density at radius 3 is 2.97 bits per heavy atom. The molecule has 3 aliphatic rings. The lowest BCUT2D eigenvalue weighted by atomic mass is 10.0. The van der Waals surface area contributed by atoms with E-state index in [9.17, 15) is 18.8 Å². The van der Waals surface area contributed by atoms with Crippen LogP contribution in [0.3, 0.4) is 0 Å². The van der Waals surface area contributed by atoms with Crippen LogP contribution in [-0.4, -0.2) is 53.0 Å². The highest BCUT2D eigenvalue weighted by Crippen LogP contribution is 2.36. The molecule has 5 heterocycles. The molecular weight excluding hydrogens is 473 g/mol. The van der Waals surface area contributed by atoms with Gasteiger partial charge in [0.25, 0.3) is 5.56 Å². The van der Waals surface area contributed by atoms with Crippen molar-refractivity contribution in [3.05, 3.63) is 58.3 Å². The van der Waals surface area contributed by atoms with E-state index in [-0.39, 0.29) is 23.5 Å². The van der Waals surface area contributed by atoms with Crippen LogP contribution in [0.5, 0.6) is 0 Å². The predicted octanol–water partition coefficient (Wildman–Crippen LogP) is 2.68. The van der Waals surface area contributed by atoms with Gasteiger partial charge in [-0.3, -0.25) is 19.5 Å².